The maximum atomic E-state index is 11.5. The van der Waals surface area contributed by atoms with Crippen molar-refractivity contribution in [1.29, 1.82) is 0 Å². The molecule has 5 nitrogen and oxygen atoms in total. The molecule has 1 aliphatic carbocycles. The molecule has 1 fully saturated rings. The first kappa shape index (κ1) is 13.0. The summed E-state index contributed by atoms with van der Waals surface area (Å²) >= 11 is 0. The molecule has 1 rings (SSSR count). The van der Waals surface area contributed by atoms with Crippen molar-refractivity contribution in [2.24, 2.45) is 0 Å². The van der Waals surface area contributed by atoms with Gasteiger partial charge < -0.3 is 14.8 Å². The van der Waals surface area contributed by atoms with Gasteiger partial charge in [-0.05, 0) is 12.8 Å². The van der Waals surface area contributed by atoms with Gasteiger partial charge in [0, 0.05) is 6.04 Å². The molecule has 1 saturated carbocycles. The molecule has 1 atom stereocenters. The zero-order valence-electron chi connectivity index (χ0n) is 9.82. The first-order valence-corrected chi connectivity index (χ1v) is 5.58. The summed E-state index contributed by atoms with van der Waals surface area (Å²) in [5, 5.41) is 3.16. The van der Waals surface area contributed by atoms with Crippen molar-refractivity contribution in [3.63, 3.8) is 0 Å². The van der Waals surface area contributed by atoms with E-state index in [0.717, 1.165) is 12.8 Å². The summed E-state index contributed by atoms with van der Waals surface area (Å²) in [6, 6.07) is -0.269. The topological polar surface area (TPSA) is 64.6 Å². The lowest BCUT2D eigenvalue weighted by Gasteiger charge is -2.19. The zero-order valence-corrected chi connectivity index (χ0v) is 9.82. The van der Waals surface area contributed by atoms with Crippen LogP contribution in [0, 0.1) is 0 Å². The molecule has 0 bridgehead atoms. The summed E-state index contributed by atoms with van der Waals surface area (Å²) in [5.74, 6) is -0.807. The number of methoxy groups -OCH3 is 2. The van der Waals surface area contributed by atoms with Crippen molar-refractivity contribution < 1.29 is 19.1 Å². The van der Waals surface area contributed by atoms with Gasteiger partial charge in [0.2, 0.25) is 0 Å². The first-order chi connectivity index (χ1) is 7.67. The summed E-state index contributed by atoms with van der Waals surface area (Å²) < 4.78 is 9.21. The largest absolute Gasteiger partial charge is 0.469 e. The lowest BCUT2D eigenvalue weighted by molar-refractivity contribution is -0.149. The van der Waals surface area contributed by atoms with Gasteiger partial charge in [-0.3, -0.25) is 9.59 Å². The molecule has 0 aromatic heterocycles. The van der Waals surface area contributed by atoms with Crippen molar-refractivity contribution in [3.8, 4) is 0 Å². The van der Waals surface area contributed by atoms with Gasteiger partial charge >= 0.3 is 11.9 Å². The van der Waals surface area contributed by atoms with Crippen LogP contribution in [0.25, 0.3) is 0 Å². The van der Waals surface area contributed by atoms with Crippen LogP contribution < -0.4 is 5.32 Å². The highest BCUT2D eigenvalue weighted by Crippen LogP contribution is 2.18. The summed E-state index contributed by atoms with van der Waals surface area (Å²) in [6.45, 7) is 0. The number of esters is 2. The molecule has 0 aromatic rings. The van der Waals surface area contributed by atoms with E-state index in [1.54, 1.807) is 0 Å². The minimum absolute atomic E-state index is 0.0275. The summed E-state index contributed by atoms with van der Waals surface area (Å²) in [4.78, 5) is 22.6. The van der Waals surface area contributed by atoms with Gasteiger partial charge in [0.15, 0.2) is 0 Å². The van der Waals surface area contributed by atoms with Crippen molar-refractivity contribution in [2.75, 3.05) is 14.2 Å². The molecule has 0 unspecified atom stereocenters. The lowest BCUT2D eigenvalue weighted by atomic mass is 10.1. The minimum Gasteiger partial charge on any atom is -0.469 e. The highest BCUT2D eigenvalue weighted by atomic mass is 16.5. The Balaban J connectivity index is 2.48. The molecular formula is C11H19NO4. The van der Waals surface area contributed by atoms with E-state index in [1.807, 2.05) is 0 Å². The summed E-state index contributed by atoms with van der Waals surface area (Å²) in [5.41, 5.74) is 0. The number of nitrogens with one attached hydrogen (secondary N) is 1. The second kappa shape index (κ2) is 6.48. The van der Waals surface area contributed by atoms with E-state index in [4.69, 9.17) is 0 Å². The monoisotopic (exact) mass is 229 g/mol. The Morgan fingerprint density at radius 1 is 1.25 bits per heavy atom. The third-order valence-electron chi connectivity index (χ3n) is 2.88. The Hall–Kier alpha value is -1.10. The Morgan fingerprint density at radius 2 is 1.88 bits per heavy atom. The van der Waals surface area contributed by atoms with E-state index in [-0.39, 0.29) is 6.42 Å². The van der Waals surface area contributed by atoms with Crippen LogP contribution in [0.3, 0.4) is 0 Å². The standard InChI is InChI=1S/C11H19NO4/c1-15-10(13)7-9(11(14)16-2)12-8-5-3-4-6-8/h8-9,12H,3-7H2,1-2H3/t9-/m0/s1. The molecule has 0 amide bonds. The van der Waals surface area contributed by atoms with E-state index < -0.39 is 18.0 Å². The average molecular weight is 229 g/mol. The Labute approximate surface area is 95.5 Å². The fourth-order valence-electron chi connectivity index (χ4n) is 1.98. The highest BCUT2D eigenvalue weighted by Gasteiger charge is 2.27. The molecule has 0 radical (unpaired) electrons. The fraction of sp³-hybridized carbons (Fsp3) is 0.818. The summed E-state index contributed by atoms with van der Waals surface area (Å²) in [7, 11) is 2.63. The van der Waals surface area contributed by atoms with Gasteiger partial charge in [0.1, 0.15) is 6.04 Å². The normalized spacial score (nSPS) is 18.1. The van der Waals surface area contributed by atoms with Gasteiger partial charge in [-0.2, -0.15) is 0 Å². The van der Waals surface area contributed by atoms with Gasteiger partial charge in [-0.15, -0.1) is 0 Å². The predicted molar refractivity (Wildman–Crippen MR) is 57.8 cm³/mol. The molecule has 0 heterocycles. The van der Waals surface area contributed by atoms with E-state index in [2.05, 4.69) is 14.8 Å². The highest BCUT2D eigenvalue weighted by molar-refractivity contribution is 5.82. The number of hydrogen-bond acceptors (Lipinski definition) is 5. The zero-order chi connectivity index (χ0) is 12.0. The van der Waals surface area contributed by atoms with E-state index in [9.17, 15) is 9.59 Å². The second-order valence-corrected chi connectivity index (χ2v) is 4.00. The van der Waals surface area contributed by atoms with Gasteiger partial charge in [-0.1, -0.05) is 12.8 Å². The van der Waals surface area contributed by atoms with Crippen LogP contribution >= 0.6 is 0 Å². The Kier molecular flexibility index (Phi) is 5.25. The quantitative estimate of drug-likeness (QED) is 0.700. The van der Waals surface area contributed by atoms with Crippen molar-refractivity contribution in [3.05, 3.63) is 0 Å². The molecular weight excluding hydrogens is 210 g/mol. The SMILES string of the molecule is COC(=O)C[C@H](NC1CCCC1)C(=O)OC. The van der Waals surface area contributed by atoms with E-state index >= 15 is 0 Å². The van der Waals surface area contributed by atoms with Crippen LogP contribution in [0.4, 0.5) is 0 Å². The molecule has 0 saturated heterocycles. The van der Waals surface area contributed by atoms with Crippen LogP contribution in [-0.2, 0) is 19.1 Å². The van der Waals surface area contributed by atoms with E-state index in [1.165, 1.54) is 27.1 Å². The average Bonchev–Trinajstić information content (AvgIpc) is 2.79. The minimum atomic E-state index is -0.583. The maximum absolute atomic E-state index is 11.5. The van der Waals surface area contributed by atoms with Crippen molar-refractivity contribution in [1.82, 2.24) is 5.32 Å². The maximum Gasteiger partial charge on any atom is 0.323 e. The molecule has 1 aliphatic rings. The van der Waals surface area contributed by atoms with Crippen LogP contribution in [0.1, 0.15) is 32.1 Å². The smallest absolute Gasteiger partial charge is 0.323 e. The number of rotatable bonds is 5. The fourth-order valence-corrected chi connectivity index (χ4v) is 1.98. The van der Waals surface area contributed by atoms with Crippen LogP contribution in [0.5, 0.6) is 0 Å². The second-order valence-electron chi connectivity index (χ2n) is 4.00. The third-order valence-corrected chi connectivity index (χ3v) is 2.88. The molecule has 92 valence electrons. The number of carbonyl (C=O) groups is 2. The van der Waals surface area contributed by atoms with Crippen molar-refractivity contribution in [2.45, 2.75) is 44.2 Å². The number of ether oxygens (including phenoxy) is 2. The van der Waals surface area contributed by atoms with E-state index in [0.29, 0.717) is 6.04 Å². The molecule has 0 aliphatic heterocycles. The van der Waals surface area contributed by atoms with Gasteiger partial charge in [-0.25, -0.2) is 0 Å². The Bertz CT molecular complexity index is 248. The van der Waals surface area contributed by atoms with Crippen LogP contribution in [-0.4, -0.2) is 38.2 Å². The Morgan fingerprint density at radius 3 is 2.38 bits per heavy atom. The van der Waals surface area contributed by atoms with Gasteiger partial charge in [0.05, 0.1) is 20.6 Å². The molecule has 0 aromatic carbocycles. The molecule has 16 heavy (non-hydrogen) atoms. The van der Waals surface area contributed by atoms with Crippen molar-refractivity contribution >= 4 is 11.9 Å². The van der Waals surface area contributed by atoms with Crippen LogP contribution in [0.2, 0.25) is 0 Å². The van der Waals surface area contributed by atoms with Crippen LogP contribution in [0.15, 0.2) is 0 Å². The predicted octanol–water partition coefficient (Wildman–Crippen LogP) is 0.623. The first-order valence-electron chi connectivity index (χ1n) is 5.58. The molecule has 1 N–H and O–H groups in total. The van der Waals surface area contributed by atoms with Gasteiger partial charge in [0.25, 0.3) is 0 Å². The summed E-state index contributed by atoms with van der Waals surface area (Å²) in [6.07, 6.45) is 4.47. The number of carbonyl (C=O) groups excluding carboxylic acids is 2. The molecule has 0 spiro atoms. The lowest BCUT2D eigenvalue weighted by Crippen LogP contribution is -2.44. The third kappa shape index (κ3) is 3.81. The molecule has 5 heteroatoms. The number of hydrogen-bond donors (Lipinski definition) is 1.